The molecular formula is C18H18BrN3O2S. The molecule has 0 saturated heterocycles. The van der Waals surface area contributed by atoms with Crippen molar-refractivity contribution >= 4 is 27.7 Å². The first kappa shape index (κ1) is 16.8. The van der Waals surface area contributed by atoms with E-state index in [1.54, 1.807) is 6.20 Å². The molecule has 1 fully saturated rings. The predicted molar refractivity (Wildman–Crippen MR) is 98.9 cm³/mol. The van der Waals surface area contributed by atoms with Gasteiger partial charge >= 0.3 is 0 Å². The van der Waals surface area contributed by atoms with Crippen molar-refractivity contribution in [3.8, 4) is 0 Å². The van der Waals surface area contributed by atoms with E-state index < -0.39 is 0 Å². The Hall–Kier alpha value is -1.60. The van der Waals surface area contributed by atoms with Gasteiger partial charge in [-0.25, -0.2) is 4.98 Å². The minimum absolute atomic E-state index is 0.510. The zero-order valence-electron chi connectivity index (χ0n) is 13.9. The maximum absolute atomic E-state index is 5.75. The molecule has 130 valence electrons. The van der Waals surface area contributed by atoms with Gasteiger partial charge in [0.25, 0.3) is 0 Å². The van der Waals surface area contributed by atoms with E-state index in [1.807, 2.05) is 11.8 Å². The molecule has 1 aliphatic rings. The van der Waals surface area contributed by atoms with Gasteiger partial charge in [0.2, 0.25) is 5.89 Å². The van der Waals surface area contributed by atoms with Crippen molar-refractivity contribution in [3.63, 3.8) is 0 Å². The molecule has 7 heteroatoms. The van der Waals surface area contributed by atoms with Crippen molar-refractivity contribution in [2.45, 2.75) is 43.4 Å². The Balaban J connectivity index is 1.42. The normalized spacial score (nSPS) is 14.2. The van der Waals surface area contributed by atoms with Gasteiger partial charge in [-0.3, -0.25) is 0 Å². The molecule has 1 saturated carbocycles. The lowest BCUT2D eigenvalue weighted by molar-refractivity contribution is 0.378. The summed E-state index contributed by atoms with van der Waals surface area (Å²) in [6.45, 7) is 2.15. The third-order valence-corrected chi connectivity index (χ3v) is 5.63. The lowest BCUT2D eigenvalue weighted by Gasteiger charge is -2.04. The molecule has 0 bridgehead atoms. The highest BCUT2D eigenvalue weighted by Crippen LogP contribution is 2.39. The summed E-state index contributed by atoms with van der Waals surface area (Å²) in [6.07, 6.45) is 5.24. The Labute approximate surface area is 158 Å². The molecule has 2 aromatic heterocycles. The molecule has 1 aliphatic carbocycles. The average Bonchev–Trinajstić information content (AvgIpc) is 3.19. The van der Waals surface area contributed by atoms with Crippen LogP contribution in [0.15, 0.2) is 42.7 Å². The van der Waals surface area contributed by atoms with Crippen LogP contribution < -0.4 is 0 Å². The quantitative estimate of drug-likeness (QED) is 0.502. The first-order valence-electron chi connectivity index (χ1n) is 8.38. The second kappa shape index (κ2) is 7.33. The SMILES string of the molecule is CCSc1ccc(Cc2nc(Cc3cnc(C4CC4)o3)no2)c(Br)c1. The second-order valence-corrected chi connectivity index (χ2v) is 8.27. The summed E-state index contributed by atoms with van der Waals surface area (Å²) in [7, 11) is 0. The Morgan fingerprint density at radius 1 is 1.28 bits per heavy atom. The van der Waals surface area contributed by atoms with Crippen molar-refractivity contribution in [2.24, 2.45) is 0 Å². The molecule has 0 radical (unpaired) electrons. The van der Waals surface area contributed by atoms with E-state index in [9.17, 15) is 0 Å². The zero-order chi connectivity index (χ0) is 17.2. The molecule has 3 aromatic rings. The summed E-state index contributed by atoms with van der Waals surface area (Å²) in [5.74, 6) is 4.43. The van der Waals surface area contributed by atoms with E-state index in [-0.39, 0.29) is 0 Å². The van der Waals surface area contributed by atoms with E-state index >= 15 is 0 Å². The molecule has 0 unspecified atom stereocenters. The number of hydrogen-bond acceptors (Lipinski definition) is 6. The first-order valence-corrected chi connectivity index (χ1v) is 10.2. The number of hydrogen-bond donors (Lipinski definition) is 0. The Morgan fingerprint density at radius 3 is 2.92 bits per heavy atom. The lowest BCUT2D eigenvalue weighted by atomic mass is 10.1. The van der Waals surface area contributed by atoms with E-state index in [0.29, 0.717) is 30.5 Å². The van der Waals surface area contributed by atoms with E-state index in [0.717, 1.165) is 27.4 Å². The molecule has 4 rings (SSSR count). The number of aromatic nitrogens is 3. The van der Waals surface area contributed by atoms with Gasteiger partial charge in [0, 0.05) is 15.3 Å². The van der Waals surface area contributed by atoms with Gasteiger partial charge in [0.15, 0.2) is 11.7 Å². The van der Waals surface area contributed by atoms with Crippen LogP contribution in [0.3, 0.4) is 0 Å². The minimum Gasteiger partial charge on any atom is -0.445 e. The minimum atomic E-state index is 0.510. The number of benzene rings is 1. The highest BCUT2D eigenvalue weighted by Gasteiger charge is 2.28. The second-order valence-electron chi connectivity index (χ2n) is 6.08. The number of oxazole rings is 1. The van der Waals surface area contributed by atoms with E-state index in [2.05, 4.69) is 56.2 Å². The summed E-state index contributed by atoms with van der Waals surface area (Å²) in [6, 6.07) is 6.36. The lowest BCUT2D eigenvalue weighted by Crippen LogP contribution is -1.93. The number of thioether (sulfide) groups is 1. The first-order chi connectivity index (χ1) is 12.2. The number of rotatable bonds is 7. The van der Waals surface area contributed by atoms with Gasteiger partial charge in [0.1, 0.15) is 5.76 Å². The Kier molecular flexibility index (Phi) is 4.94. The zero-order valence-corrected chi connectivity index (χ0v) is 16.3. The average molecular weight is 420 g/mol. The Bertz CT molecular complexity index is 873. The van der Waals surface area contributed by atoms with Crippen LogP contribution in [0.5, 0.6) is 0 Å². The molecule has 0 N–H and O–H groups in total. The summed E-state index contributed by atoms with van der Waals surface area (Å²) in [5, 5.41) is 4.06. The molecule has 5 nitrogen and oxygen atoms in total. The molecule has 0 amide bonds. The summed E-state index contributed by atoms with van der Waals surface area (Å²) < 4.78 is 12.2. The van der Waals surface area contributed by atoms with E-state index in [1.165, 1.54) is 17.7 Å². The molecule has 0 atom stereocenters. The summed E-state index contributed by atoms with van der Waals surface area (Å²) >= 11 is 5.45. The van der Waals surface area contributed by atoms with Crippen LogP contribution in [0.4, 0.5) is 0 Å². The van der Waals surface area contributed by atoms with Gasteiger partial charge in [-0.15, -0.1) is 11.8 Å². The van der Waals surface area contributed by atoms with Gasteiger partial charge in [0.05, 0.1) is 19.0 Å². The largest absolute Gasteiger partial charge is 0.445 e. The van der Waals surface area contributed by atoms with Crippen molar-refractivity contribution in [3.05, 3.63) is 57.8 Å². The van der Waals surface area contributed by atoms with Gasteiger partial charge in [-0.05, 0) is 36.3 Å². The maximum Gasteiger partial charge on any atom is 0.231 e. The summed E-state index contributed by atoms with van der Waals surface area (Å²) in [4.78, 5) is 10.1. The number of nitrogens with zero attached hydrogens (tertiary/aromatic N) is 3. The Morgan fingerprint density at radius 2 is 2.16 bits per heavy atom. The van der Waals surface area contributed by atoms with Crippen LogP contribution in [-0.4, -0.2) is 20.9 Å². The van der Waals surface area contributed by atoms with Crippen LogP contribution >= 0.6 is 27.7 Å². The van der Waals surface area contributed by atoms with Crippen LogP contribution in [0, 0.1) is 0 Å². The molecule has 2 heterocycles. The summed E-state index contributed by atoms with van der Waals surface area (Å²) in [5.41, 5.74) is 1.13. The van der Waals surface area contributed by atoms with Crippen molar-refractivity contribution in [1.29, 1.82) is 0 Å². The van der Waals surface area contributed by atoms with Crippen molar-refractivity contribution in [1.82, 2.24) is 15.1 Å². The van der Waals surface area contributed by atoms with E-state index in [4.69, 9.17) is 8.94 Å². The maximum atomic E-state index is 5.75. The fourth-order valence-corrected chi connectivity index (χ4v) is 3.97. The molecule has 0 spiro atoms. The van der Waals surface area contributed by atoms with Gasteiger partial charge in [-0.2, -0.15) is 4.98 Å². The fraction of sp³-hybridized carbons (Fsp3) is 0.389. The third-order valence-electron chi connectivity index (χ3n) is 4.02. The van der Waals surface area contributed by atoms with Crippen LogP contribution in [0.1, 0.15) is 54.6 Å². The molecule has 25 heavy (non-hydrogen) atoms. The van der Waals surface area contributed by atoms with Crippen LogP contribution in [0.2, 0.25) is 0 Å². The van der Waals surface area contributed by atoms with Crippen LogP contribution in [-0.2, 0) is 12.8 Å². The smallest absolute Gasteiger partial charge is 0.231 e. The molecular weight excluding hydrogens is 402 g/mol. The number of halogens is 1. The molecule has 1 aromatic carbocycles. The molecule has 0 aliphatic heterocycles. The fourth-order valence-electron chi connectivity index (χ4n) is 2.60. The van der Waals surface area contributed by atoms with Gasteiger partial charge < -0.3 is 8.94 Å². The van der Waals surface area contributed by atoms with Crippen molar-refractivity contribution in [2.75, 3.05) is 5.75 Å². The monoisotopic (exact) mass is 419 g/mol. The topological polar surface area (TPSA) is 65.0 Å². The van der Waals surface area contributed by atoms with Crippen molar-refractivity contribution < 1.29 is 8.94 Å². The van der Waals surface area contributed by atoms with Gasteiger partial charge in [-0.1, -0.05) is 34.1 Å². The highest BCUT2D eigenvalue weighted by atomic mass is 79.9. The third kappa shape index (κ3) is 4.15. The van der Waals surface area contributed by atoms with Crippen LogP contribution in [0.25, 0.3) is 0 Å². The standard InChI is InChI=1S/C18H18BrN3O2S/c1-2-25-14-6-5-12(15(19)9-14)7-17-21-16(22-24-17)8-13-10-20-18(23-13)11-3-4-11/h5-6,9-11H,2-4,7-8H2,1H3. The highest BCUT2D eigenvalue weighted by molar-refractivity contribution is 9.10. The predicted octanol–water partition coefficient (Wildman–Crippen LogP) is 4.99.